The van der Waals surface area contributed by atoms with E-state index in [9.17, 15) is 0 Å². The highest BCUT2D eigenvalue weighted by atomic mass is 14.9. The molecule has 0 amide bonds. The van der Waals surface area contributed by atoms with Crippen molar-refractivity contribution < 1.29 is 0 Å². The van der Waals surface area contributed by atoms with Crippen molar-refractivity contribution in [1.29, 1.82) is 0 Å². The molecular formula is C11H20N2. The molecule has 0 unspecified atom stereocenters. The highest BCUT2D eigenvalue weighted by Crippen LogP contribution is 2.30. The Kier molecular flexibility index (Phi) is 2.87. The molecule has 0 atom stereocenters. The molecule has 0 radical (unpaired) electrons. The van der Waals surface area contributed by atoms with Crippen molar-refractivity contribution in [2.75, 3.05) is 6.54 Å². The van der Waals surface area contributed by atoms with Crippen molar-refractivity contribution in [3.63, 3.8) is 0 Å². The fourth-order valence-electron chi connectivity index (χ4n) is 2.18. The number of aliphatic imine (C=N–C) groups is 1. The van der Waals surface area contributed by atoms with E-state index < -0.39 is 0 Å². The summed E-state index contributed by atoms with van der Waals surface area (Å²) in [5, 5.41) is 0. The van der Waals surface area contributed by atoms with Gasteiger partial charge in [-0.1, -0.05) is 25.7 Å². The highest BCUT2D eigenvalue weighted by Gasteiger charge is 2.25. The minimum absolute atomic E-state index is 0.656. The van der Waals surface area contributed by atoms with Crippen LogP contribution in [0.15, 0.2) is 4.99 Å². The Morgan fingerprint density at radius 1 is 1.15 bits per heavy atom. The van der Waals surface area contributed by atoms with Crippen molar-refractivity contribution in [3.8, 4) is 0 Å². The van der Waals surface area contributed by atoms with E-state index in [0.717, 1.165) is 18.3 Å². The maximum Gasteiger partial charge on any atom is 0.0968 e. The molecule has 74 valence electrons. The van der Waals surface area contributed by atoms with Crippen molar-refractivity contribution >= 4 is 5.84 Å². The number of nitrogens with zero attached hydrogens (tertiary/aromatic N) is 1. The average Bonchev–Trinajstić information content (AvgIpc) is 2.86. The summed E-state index contributed by atoms with van der Waals surface area (Å²) in [4.78, 5) is 4.44. The molecule has 2 aliphatic rings. The van der Waals surface area contributed by atoms with Gasteiger partial charge in [-0.3, -0.25) is 4.99 Å². The van der Waals surface area contributed by atoms with Crippen LogP contribution < -0.4 is 5.73 Å². The molecule has 13 heavy (non-hydrogen) atoms. The van der Waals surface area contributed by atoms with E-state index in [2.05, 4.69) is 4.99 Å². The summed E-state index contributed by atoms with van der Waals surface area (Å²) >= 11 is 0. The molecule has 0 aliphatic heterocycles. The van der Waals surface area contributed by atoms with Gasteiger partial charge in [0.2, 0.25) is 0 Å². The van der Waals surface area contributed by atoms with Crippen molar-refractivity contribution in [2.24, 2.45) is 22.6 Å². The van der Waals surface area contributed by atoms with Crippen molar-refractivity contribution in [2.45, 2.75) is 44.9 Å². The summed E-state index contributed by atoms with van der Waals surface area (Å²) in [5.74, 6) is 2.54. The van der Waals surface area contributed by atoms with E-state index >= 15 is 0 Å². The van der Waals surface area contributed by atoms with Crippen LogP contribution >= 0.6 is 0 Å². The lowest BCUT2D eigenvalue weighted by Gasteiger charge is -2.05. The lowest BCUT2D eigenvalue weighted by atomic mass is 10.0. The normalized spacial score (nSPS) is 25.4. The Bertz CT molecular complexity index is 188. The van der Waals surface area contributed by atoms with Crippen LogP contribution in [0.3, 0.4) is 0 Å². The summed E-state index contributed by atoms with van der Waals surface area (Å²) < 4.78 is 0. The third-order valence-corrected chi connectivity index (χ3v) is 3.30. The Balaban J connectivity index is 1.63. The second kappa shape index (κ2) is 4.12. The fourth-order valence-corrected chi connectivity index (χ4v) is 2.18. The highest BCUT2D eigenvalue weighted by molar-refractivity contribution is 5.84. The summed E-state index contributed by atoms with van der Waals surface area (Å²) in [6, 6.07) is 0. The molecule has 0 bridgehead atoms. The van der Waals surface area contributed by atoms with Gasteiger partial charge in [0.1, 0.15) is 0 Å². The van der Waals surface area contributed by atoms with E-state index in [-0.39, 0.29) is 0 Å². The third kappa shape index (κ3) is 2.71. The van der Waals surface area contributed by atoms with Gasteiger partial charge in [-0.25, -0.2) is 0 Å². The molecule has 2 aliphatic carbocycles. The van der Waals surface area contributed by atoms with Crippen LogP contribution in [0.2, 0.25) is 0 Å². The largest absolute Gasteiger partial charge is 0.387 e. The zero-order chi connectivity index (χ0) is 9.10. The minimum atomic E-state index is 0.656. The standard InChI is InChI=1S/C11H20N2/c12-11(10-5-6-10)13-8-7-9-3-1-2-4-9/h9-10H,1-8H2,(H2,12,13). The molecule has 0 heterocycles. The van der Waals surface area contributed by atoms with Gasteiger partial charge in [-0.2, -0.15) is 0 Å². The van der Waals surface area contributed by atoms with E-state index in [0.29, 0.717) is 5.92 Å². The molecule has 2 rings (SSSR count). The molecular weight excluding hydrogens is 160 g/mol. The van der Waals surface area contributed by atoms with Crippen LogP contribution in [0.4, 0.5) is 0 Å². The molecule has 0 aromatic carbocycles. The molecule has 2 N–H and O–H groups in total. The molecule has 0 aromatic heterocycles. The van der Waals surface area contributed by atoms with Crippen LogP contribution in [0, 0.1) is 11.8 Å². The summed E-state index contributed by atoms with van der Waals surface area (Å²) in [7, 11) is 0. The van der Waals surface area contributed by atoms with Gasteiger partial charge in [0.25, 0.3) is 0 Å². The van der Waals surface area contributed by atoms with Crippen LogP contribution in [0.25, 0.3) is 0 Å². The van der Waals surface area contributed by atoms with E-state index in [1.54, 1.807) is 0 Å². The van der Waals surface area contributed by atoms with E-state index in [1.165, 1.54) is 44.9 Å². The molecule has 2 saturated carbocycles. The minimum Gasteiger partial charge on any atom is -0.387 e. The van der Waals surface area contributed by atoms with Crippen LogP contribution in [-0.4, -0.2) is 12.4 Å². The first-order valence-electron chi connectivity index (χ1n) is 5.66. The predicted octanol–water partition coefficient (Wildman–Crippen LogP) is 2.33. The lowest BCUT2D eigenvalue weighted by molar-refractivity contribution is 0.511. The monoisotopic (exact) mass is 180 g/mol. The summed E-state index contributed by atoms with van der Waals surface area (Å²) in [6.07, 6.45) is 9.56. The van der Waals surface area contributed by atoms with Gasteiger partial charge in [0.05, 0.1) is 5.84 Å². The van der Waals surface area contributed by atoms with E-state index in [1.807, 2.05) is 0 Å². The molecule has 2 nitrogen and oxygen atoms in total. The topological polar surface area (TPSA) is 38.4 Å². The Hall–Kier alpha value is -0.530. The number of rotatable bonds is 4. The van der Waals surface area contributed by atoms with Gasteiger partial charge in [-0.15, -0.1) is 0 Å². The number of nitrogens with two attached hydrogens (primary N) is 1. The Morgan fingerprint density at radius 3 is 2.46 bits per heavy atom. The van der Waals surface area contributed by atoms with Gasteiger partial charge >= 0.3 is 0 Å². The van der Waals surface area contributed by atoms with E-state index in [4.69, 9.17) is 5.73 Å². The number of hydrogen-bond acceptors (Lipinski definition) is 1. The Labute approximate surface area is 80.6 Å². The zero-order valence-electron chi connectivity index (χ0n) is 8.34. The lowest BCUT2D eigenvalue weighted by Crippen LogP contribution is -2.14. The summed E-state index contributed by atoms with van der Waals surface area (Å²) in [6.45, 7) is 0.979. The SMILES string of the molecule is NC(=NCCC1CCCC1)C1CC1. The summed E-state index contributed by atoms with van der Waals surface area (Å²) in [5.41, 5.74) is 5.81. The fraction of sp³-hybridized carbons (Fsp3) is 0.909. The maximum atomic E-state index is 5.81. The first-order chi connectivity index (χ1) is 6.36. The van der Waals surface area contributed by atoms with Crippen LogP contribution in [0.5, 0.6) is 0 Å². The average molecular weight is 180 g/mol. The zero-order valence-corrected chi connectivity index (χ0v) is 8.34. The van der Waals surface area contributed by atoms with Crippen LogP contribution in [-0.2, 0) is 0 Å². The second-order valence-electron chi connectivity index (χ2n) is 4.52. The van der Waals surface area contributed by atoms with Gasteiger partial charge in [0.15, 0.2) is 0 Å². The molecule has 0 aromatic rings. The Morgan fingerprint density at radius 2 is 1.85 bits per heavy atom. The molecule has 2 fully saturated rings. The predicted molar refractivity (Wildman–Crippen MR) is 55.8 cm³/mol. The van der Waals surface area contributed by atoms with Crippen molar-refractivity contribution in [3.05, 3.63) is 0 Å². The number of hydrogen-bond donors (Lipinski definition) is 1. The molecule has 0 saturated heterocycles. The van der Waals surface area contributed by atoms with Gasteiger partial charge in [-0.05, 0) is 25.2 Å². The second-order valence-corrected chi connectivity index (χ2v) is 4.52. The first kappa shape index (κ1) is 9.04. The maximum absolute atomic E-state index is 5.81. The van der Waals surface area contributed by atoms with Gasteiger partial charge < -0.3 is 5.73 Å². The van der Waals surface area contributed by atoms with Gasteiger partial charge in [0, 0.05) is 12.5 Å². The smallest absolute Gasteiger partial charge is 0.0968 e. The number of amidine groups is 1. The first-order valence-corrected chi connectivity index (χ1v) is 5.66. The molecule has 2 heteroatoms. The molecule has 0 spiro atoms. The van der Waals surface area contributed by atoms with Crippen LogP contribution in [0.1, 0.15) is 44.9 Å². The van der Waals surface area contributed by atoms with Crippen molar-refractivity contribution in [1.82, 2.24) is 0 Å². The third-order valence-electron chi connectivity index (χ3n) is 3.30. The quantitative estimate of drug-likeness (QED) is 0.523.